The maximum Gasteiger partial charge on any atom is 0.240 e. The van der Waals surface area contributed by atoms with Crippen LogP contribution in [0.2, 0.25) is 0 Å². The van der Waals surface area contributed by atoms with Crippen molar-refractivity contribution in [3.63, 3.8) is 0 Å². The van der Waals surface area contributed by atoms with Gasteiger partial charge < -0.3 is 14.6 Å². The van der Waals surface area contributed by atoms with E-state index in [0.29, 0.717) is 11.6 Å². The third-order valence-corrected chi connectivity index (χ3v) is 5.19. The van der Waals surface area contributed by atoms with Crippen LogP contribution in [0, 0.1) is 0 Å². The lowest BCUT2D eigenvalue weighted by atomic mass is 10.2. The predicted molar refractivity (Wildman–Crippen MR) is 117 cm³/mol. The van der Waals surface area contributed by atoms with Gasteiger partial charge in [-0.2, -0.15) is 16.9 Å². The van der Waals surface area contributed by atoms with Gasteiger partial charge in [-0.25, -0.2) is 9.97 Å². The maximum atomic E-state index is 12.6. The monoisotopic (exact) mass is 422 g/mol. The molecule has 0 aliphatic carbocycles. The molecule has 0 atom stereocenters. The van der Waals surface area contributed by atoms with Crippen molar-refractivity contribution >= 4 is 28.7 Å². The number of thioether (sulfide) groups is 1. The van der Waals surface area contributed by atoms with Crippen LogP contribution in [0.5, 0.6) is 5.75 Å². The molecule has 4 aromatic rings. The van der Waals surface area contributed by atoms with Crippen LogP contribution in [-0.4, -0.2) is 44.0 Å². The fourth-order valence-corrected chi connectivity index (χ4v) is 3.65. The number of para-hydroxylation sites is 2. The number of rotatable bonds is 8. The van der Waals surface area contributed by atoms with Gasteiger partial charge in [-0.15, -0.1) is 0 Å². The lowest BCUT2D eigenvalue weighted by Crippen LogP contribution is -2.28. The minimum absolute atomic E-state index is 0.108. The number of amides is 1. The Morgan fingerprint density at radius 1 is 1.17 bits per heavy atom. The highest BCUT2D eigenvalue weighted by Gasteiger charge is 2.14. The van der Waals surface area contributed by atoms with Crippen molar-refractivity contribution in [1.82, 2.24) is 30.0 Å². The summed E-state index contributed by atoms with van der Waals surface area (Å²) in [7, 11) is 1.62. The summed E-state index contributed by atoms with van der Waals surface area (Å²) in [5.74, 6) is 3.46. The second-order valence-corrected chi connectivity index (χ2v) is 7.51. The van der Waals surface area contributed by atoms with Crippen LogP contribution in [0.1, 0.15) is 11.6 Å². The second kappa shape index (κ2) is 9.00. The summed E-state index contributed by atoms with van der Waals surface area (Å²) in [6.45, 7) is 0.475. The minimum Gasteiger partial charge on any atom is -0.497 e. The van der Waals surface area contributed by atoms with Crippen molar-refractivity contribution in [1.29, 1.82) is 0 Å². The molecule has 0 saturated carbocycles. The molecule has 0 spiro atoms. The number of hydrogen-bond acceptors (Lipinski definition) is 6. The summed E-state index contributed by atoms with van der Waals surface area (Å²) in [4.78, 5) is 21.7. The molecule has 2 aromatic carbocycles. The number of benzene rings is 2. The van der Waals surface area contributed by atoms with Gasteiger partial charge in [0.15, 0.2) is 5.82 Å². The number of carbonyl (C=O) groups is 1. The molecule has 0 aliphatic rings. The van der Waals surface area contributed by atoms with Crippen LogP contribution in [0.4, 0.5) is 0 Å². The molecule has 0 bridgehead atoms. The molecular weight excluding hydrogens is 400 g/mol. The molecule has 4 rings (SSSR count). The largest absolute Gasteiger partial charge is 0.497 e. The second-order valence-electron chi connectivity index (χ2n) is 6.65. The van der Waals surface area contributed by atoms with Crippen molar-refractivity contribution < 1.29 is 9.53 Å². The van der Waals surface area contributed by atoms with E-state index in [1.165, 1.54) is 0 Å². The molecule has 8 nitrogen and oxygen atoms in total. The lowest BCUT2D eigenvalue weighted by Gasteiger charge is -2.08. The molecule has 0 aliphatic heterocycles. The third kappa shape index (κ3) is 4.30. The number of nitrogens with one attached hydrogen (secondary N) is 2. The molecule has 2 heterocycles. The molecular formula is C21H22N6O2S. The van der Waals surface area contributed by atoms with Crippen molar-refractivity contribution in [2.24, 2.45) is 0 Å². The van der Waals surface area contributed by atoms with Gasteiger partial charge in [0.1, 0.15) is 23.9 Å². The van der Waals surface area contributed by atoms with Gasteiger partial charge in [-0.3, -0.25) is 9.89 Å². The van der Waals surface area contributed by atoms with Gasteiger partial charge in [-0.05, 0) is 42.7 Å². The predicted octanol–water partition coefficient (Wildman–Crippen LogP) is 3.01. The standard InChI is InChI=1S/C21H22N6O2S/c1-29-15-9-7-14(8-10-15)21-24-18(25-26-21)11-22-20(28)12-27-17-6-4-3-5-16(17)23-19(27)13-30-2/h3-10H,11-13H2,1-2H3,(H,22,28)(H,24,25,26). The van der Waals surface area contributed by atoms with Gasteiger partial charge in [0.05, 0.1) is 30.4 Å². The highest BCUT2D eigenvalue weighted by atomic mass is 32.2. The zero-order valence-electron chi connectivity index (χ0n) is 16.8. The van der Waals surface area contributed by atoms with Crippen molar-refractivity contribution in [2.45, 2.75) is 18.8 Å². The number of nitrogens with zero attached hydrogens (tertiary/aromatic N) is 4. The Balaban J connectivity index is 1.41. The Morgan fingerprint density at radius 3 is 2.73 bits per heavy atom. The van der Waals surface area contributed by atoms with Crippen molar-refractivity contribution in [3.05, 3.63) is 60.2 Å². The first-order chi connectivity index (χ1) is 14.7. The summed E-state index contributed by atoms with van der Waals surface area (Å²) in [6, 6.07) is 15.3. The van der Waals surface area contributed by atoms with Gasteiger partial charge in [-0.1, -0.05) is 12.1 Å². The number of ether oxygens (including phenoxy) is 1. The van der Waals surface area contributed by atoms with E-state index in [1.54, 1.807) is 18.9 Å². The molecule has 0 radical (unpaired) electrons. The van der Waals surface area contributed by atoms with Gasteiger partial charge >= 0.3 is 0 Å². The summed E-state index contributed by atoms with van der Waals surface area (Å²) in [6.07, 6.45) is 2.02. The Bertz CT molecular complexity index is 1150. The molecule has 9 heteroatoms. The average molecular weight is 423 g/mol. The zero-order valence-corrected chi connectivity index (χ0v) is 17.6. The first-order valence-electron chi connectivity index (χ1n) is 9.43. The first kappa shape index (κ1) is 20.0. The van der Waals surface area contributed by atoms with Crippen LogP contribution in [0.3, 0.4) is 0 Å². The number of aromatic nitrogens is 5. The summed E-state index contributed by atoms with van der Waals surface area (Å²) in [5.41, 5.74) is 2.73. The number of hydrogen-bond donors (Lipinski definition) is 2. The maximum absolute atomic E-state index is 12.6. The Kier molecular flexibility index (Phi) is 5.99. The van der Waals surface area contributed by atoms with Gasteiger partial charge in [0.2, 0.25) is 5.91 Å². The average Bonchev–Trinajstić information content (AvgIpc) is 3.38. The molecule has 0 fully saturated rings. The van der Waals surface area contributed by atoms with Gasteiger partial charge in [0.25, 0.3) is 0 Å². The topological polar surface area (TPSA) is 97.7 Å². The minimum atomic E-state index is -0.108. The van der Waals surface area contributed by atoms with Crippen LogP contribution in [-0.2, 0) is 23.6 Å². The van der Waals surface area contributed by atoms with E-state index in [9.17, 15) is 4.79 Å². The number of imidazole rings is 1. The number of methoxy groups -OCH3 is 1. The van der Waals surface area contributed by atoms with E-state index in [-0.39, 0.29) is 19.0 Å². The summed E-state index contributed by atoms with van der Waals surface area (Å²) in [5, 5.41) is 10.0. The highest BCUT2D eigenvalue weighted by molar-refractivity contribution is 7.97. The van der Waals surface area contributed by atoms with Crippen LogP contribution < -0.4 is 10.1 Å². The molecule has 154 valence electrons. The van der Waals surface area contributed by atoms with E-state index in [1.807, 2.05) is 59.4 Å². The summed E-state index contributed by atoms with van der Waals surface area (Å²) >= 11 is 1.68. The molecule has 0 saturated heterocycles. The van der Waals surface area contributed by atoms with Gasteiger partial charge in [0, 0.05) is 5.56 Å². The van der Waals surface area contributed by atoms with Crippen molar-refractivity contribution in [2.75, 3.05) is 13.4 Å². The Labute approximate surface area is 178 Å². The molecule has 0 unspecified atom stereocenters. The van der Waals surface area contributed by atoms with E-state index >= 15 is 0 Å². The van der Waals surface area contributed by atoms with E-state index < -0.39 is 0 Å². The third-order valence-electron chi connectivity index (χ3n) is 4.64. The van der Waals surface area contributed by atoms with E-state index in [4.69, 9.17) is 4.74 Å². The van der Waals surface area contributed by atoms with Crippen molar-refractivity contribution in [3.8, 4) is 17.1 Å². The van der Waals surface area contributed by atoms with E-state index in [2.05, 4.69) is 25.5 Å². The zero-order chi connectivity index (χ0) is 20.9. The van der Waals surface area contributed by atoms with Crippen LogP contribution in [0.15, 0.2) is 48.5 Å². The number of fused-ring (bicyclic) bond motifs is 1. The number of carbonyl (C=O) groups excluding carboxylic acids is 1. The SMILES string of the molecule is COc1ccc(-c2n[nH]c(CNC(=O)Cn3c(CSC)nc4ccccc43)n2)cc1. The Hall–Kier alpha value is -3.33. The lowest BCUT2D eigenvalue weighted by molar-refractivity contribution is -0.121. The molecule has 2 aromatic heterocycles. The van der Waals surface area contributed by atoms with Crippen LogP contribution >= 0.6 is 11.8 Å². The number of H-pyrrole nitrogens is 1. The fraction of sp³-hybridized carbons (Fsp3) is 0.238. The van der Waals surface area contributed by atoms with Crippen LogP contribution in [0.25, 0.3) is 22.4 Å². The fourth-order valence-electron chi connectivity index (χ4n) is 3.17. The molecule has 1 amide bonds. The van der Waals surface area contributed by atoms with E-state index in [0.717, 1.165) is 33.9 Å². The summed E-state index contributed by atoms with van der Waals surface area (Å²) < 4.78 is 7.13. The first-order valence-corrected chi connectivity index (χ1v) is 10.8. The number of aromatic amines is 1. The quantitative estimate of drug-likeness (QED) is 0.453. The smallest absolute Gasteiger partial charge is 0.240 e. The molecule has 30 heavy (non-hydrogen) atoms. The normalized spacial score (nSPS) is 11.0. The molecule has 2 N–H and O–H groups in total. The highest BCUT2D eigenvalue weighted by Crippen LogP contribution is 2.20. The Morgan fingerprint density at radius 2 is 1.97 bits per heavy atom.